The first-order valence-electron chi connectivity index (χ1n) is 8.95. The second kappa shape index (κ2) is 10.8. The molecule has 0 radical (unpaired) electrons. The van der Waals surface area contributed by atoms with Gasteiger partial charge in [0.15, 0.2) is 16.6 Å². The number of anilines is 1. The highest BCUT2D eigenvalue weighted by molar-refractivity contribution is 7.80. The number of nitrogens with zero attached hydrogens (tertiary/aromatic N) is 1. The first-order valence-corrected chi connectivity index (χ1v) is 10.1. The van der Waals surface area contributed by atoms with Crippen molar-refractivity contribution in [3.63, 3.8) is 0 Å². The van der Waals surface area contributed by atoms with Crippen molar-refractivity contribution in [1.29, 1.82) is 0 Å². The Bertz CT molecular complexity index is 1050. The van der Waals surface area contributed by atoms with Gasteiger partial charge in [0, 0.05) is 5.69 Å². The third kappa shape index (κ3) is 6.35. The molecule has 8 heteroatoms. The maximum atomic E-state index is 6.04. The Kier molecular flexibility index (Phi) is 7.90. The second-order valence-electron chi connectivity index (χ2n) is 6.14. The van der Waals surface area contributed by atoms with Crippen molar-refractivity contribution in [1.82, 2.24) is 5.43 Å². The zero-order valence-corrected chi connectivity index (χ0v) is 18.4. The Morgan fingerprint density at radius 1 is 1.00 bits per heavy atom. The predicted octanol–water partition coefficient (Wildman–Crippen LogP) is 5.90. The first kappa shape index (κ1) is 21.9. The van der Waals surface area contributed by atoms with Crippen LogP contribution in [0.2, 0.25) is 10.0 Å². The number of hydrogen-bond acceptors (Lipinski definition) is 4. The van der Waals surface area contributed by atoms with E-state index in [4.69, 9.17) is 44.9 Å². The summed E-state index contributed by atoms with van der Waals surface area (Å²) in [6, 6.07) is 20.5. The van der Waals surface area contributed by atoms with Crippen LogP contribution in [0, 0.1) is 0 Å². The van der Waals surface area contributed by atoms with Crippen molar-refractivity contribution in [2.75, 3.05) is 12.4 Å². The molecule has 0 bridgehead atoms. The number of rotatable bonds is 7. The minimum Gasteiger partial charge on any atom is -0.493 e. The molecule has 0 unspecified atom stereocenters. The fourth-order valence-corrected chi connectivity index (χ4v) is 3.01. The molecule has 0 aliphatic rings. The third-order valence-corrected chi connectivity index (χ3v) is 4.91. The van der Waals surface area contributed by atoms with Gasteiger partial charge in [-0.2, -0.15) is 5.10 Å². The van der Waals surface area contributed by atoms with Crippen molar-refractivity contribution in [2.45, 2.75) is 6.61 Å². The van der Waals surface area contributed by atoms with Crippen LogP contribution >= 0.6 is 35.4 Å². The van der Waals surface area contributed by atoms with E-state index in [9.17, 15) is 0 Å². The summed E-state index contributed by atoms with van der Waals surface area (Å²) in [7, 11) is 1.58. The second-order valence-corrected chi connectivity index (χ2v) is 7.36. The van der Waals surface area contributed by atoms with Gasteiger partial charge >= 0.3 is 0 Å². The van der Waals surface area contributed by atoms with E-state index in [0.717, 1.165) is 16.8 Å². The van der Waals surface area contributed by atoms with Crippen molar-refractivity contribution in [3.05, 3.63) is 87.9 Å². The third-order valence-electron chi connectivity index (χ3n) is 3.98. The molecule has 5 nitrogen and oxygen atoms in total. The molecule has 30 heavy (non-hydrogen) atoms. The number of thiocarbonyl (C=S) groups is 1. The average molecular weight is 460 g/mol. The summed E-state index contributed by atoms with van der Waals surface area (Å²) in [5.74, 6) is 1.19. The van der Waals surface area contributed by atoms with Crippen molar-refractivity contribution < 1.29 is 9.47 Å². The predicted molar refractivity (Wildman–Crippen MR) is 127 cm³/mol. The van der Waals surface area contributed by atoms with E-state index in [2.05, 4.69) is 15.8 Å². The number of benzene rings is 3. The Morgan fingerprint density at radius 3 is 2.53 bits per heavy atom. The molecule has 0 aromatic heterocycles. The quantitative estimate of drug-likeness (QED) is 0.261. The lowest BCUT2D eigenvalue weighted by molar-refractivity contribution is 0.284. The fraction of sp³-hybridized carbons (Fsp3) is 0.0909. The van der Waals surface area contributed by atoms with E-state index in [0.29, 0.717) is 33.3 Å². The minimum absolute atomic E-state index is 0.335. The van der Waals surface area contributed by atoms with Gasteiger partial charge in [0.25, 0.3) is 0 Å². The Labute approximate surface area is 190 Å². The van der Waals surface area contributed by atoms with Crippen molar-refractivity contribution in [3.8, 4) is 11.5 Å². The van der Waals surface area contributed by atoms with Crippen LogP contribution in [0.4, 0.5) is 5.69 Å². The van der Waals surface area contributed by atoms with E-state index >= 15 is 0 Å². The van der Waals surface area contributed by atoms with Crippen LogP contribution in [0.5, 0.6) is 11.5 Å². The summed E-state index contributed by atoms with van der Waals surface area (Å²) >= 11 is 17.2. The lowest BCUT2D eigenvalue weighted by Gasteiger charge is -2.12. The summed E-state index contributed by atoms with van der Waals surface area (Å²) in [5, 5.41) is 8.59. The van der Waals surface area contributed by atoms with Crippen LogP contribution in [0.3, 0.4) is 0 Å². The first-order chi connectivity index (χ1) is 14.5. The van der Waals surface area contributed by atoms with Crippen molar-refractivity contribution >= 4 is 52.4 Å². The molecule has 0 saturated heterocycles. The molecule has 3 aromatic carbocycles. The smallest absolute Gasteiger partial charge is 0.191 e. The average Bonchev–Trinajstić information content (AvgIpc) is 2.75. The van der Waals surface area contributed by atoms with Crippen LogP contribution in [0.15, 0.2) is 71.8 Å². The van der Waals surface area contributed by atoms with Gasteiger partial charge in [-0.3, -0.25) is 5.43 Å². The highest BCUT2D eigenvalue weighted by atomic mass is 35.5. The van der Waals surface area contributed by atoms with Gasteiger partial charge in [-0.05, 0) is 65.8 Å². The van der Waals surface area contributed by atoms with E-state index in [1.165, 1.54) is 0 Å². The normalized spacial score (nSPS) is 10.6. The molecular weight excluding hydrogens is 441 g/mol. The molecule has 0 fully saturated rings. The maximum Gasteiger partial charge on any atom is 0.191 e. The number of ether oxygens (including phenoxy) is 2. The molecule has 0 heterocycles. The summed E-state index contributed by atoms with van der Waals surface area (Å²) in [6.45, 7) is 0.335. The SMILES string of the molecule is COc1cc(C=NNC(=S)Nc2ccccc2)ccc1OCc1ccc(Cl)c(Cl)c1. The topological polar surface area (TPSA) is 54.9 Å². The van der Waals surface area contributed by atoms with Crippen LogP contribution in [0.25, 0.3) is 0 Å². The molecule has 0 aliphatic heterocycles. The Balaban J connectivity index is 1.58. The number of nitrogens with one attached hydrogen (secondary N) is 2. The minimum atomic E-state index is 0.335. The molecule has 0 saturated carbocycles. The molecule has 0 amide bonds. The fourth-order valence-electron chi connectivity index (χ4n) is 2.52. The molecule has 0 spiro atoms. The van der Waals surface area contributed by atoms with E-state index in [1.54, 1.807) is 25.5 Å². The van der Waals surface area contributed by atoms with E-state index in [1.807, 2.05) is 54.6 Å². The molecule has 0 atom stereocenters. The summed E-state index contributed by atoms with van der Waals surface area (Å²) < 4.78 is 11.3. The monoisotopic (exact) mass is 459 g/mol. The maximum absolute atomic E-state index is 6.04. The zero-order chi connectivity index (χ0) is 21.3. The zero-order valence-electron chi connectivity index (χ0n) is 16.1. The van der Waals surface area contributed by atoms with Crippen LogP contribution in [0.1, 0.15) is 11.1 Å². The Hall–Kier alpha value is -2.80. The molecule has 2 N–H and O–H groups in total. The number of hydrogen-bond donors (Lipinski definition) is 2. The number of methoxy groups -OCH3 is 1. The van der Waals surface area contributed by atoms with Crippen LogP contribution < -0.4 is 20.2 Å². The molecule has 154 valence electrons. The van der Waals surface area contributed by atoms with Crippen LogP contribution in [-0.4, -0.2) is 18.4 Å². The number of hydrazone groups is 1. The highest BCUT2D eigenvalue weighted by Gasteiger charge is 2.07. The van der Waals surface area contributed by atoms with Gasteiger partial charge in [-0.1, -0.05) is 47.5 Å². The summed E-state index contributed by atoms with van der Waals surface area (Å²) in [5.41, 5.74) is 5.39. The van der Waals surface area contributed by atoms with E-state index in [-0.39, 0.29) is 0 Å². The molecule has 3 aromatic rings. The standard InChI is InChI=1S/C22H19Cl2N3O2S/c1-28-21-12-15(13-25-27-22(30)26-17-5-3-2-4-6-17)8-10-20(21)29-14-16-7-9-18(23)19(24)11-16/h2-13H,14H2,1H3,(H2,26,27,30). The van der Waals surface area contributed by atoms with Gasteiger partial charge in [0.05, 0.1) is 23.4 Å². The number of para-hydroxylation sites is 1. The molecule has 3 rings (SSSR count). The number of halogens is 2. The van der Waals surface area contributed by atoms with E-state index < -0.39 is 0 Å². The largest absolute Gasteiger partial charge is 0.493 e. The van der Waals surface area contributed by atoms with Gasteiger partial charge in [0.2, 0.25) is 0 Å². The Morgan fingerprint density at radius 2 is 1.80 bits per heavy atom. The van der Waals surface area contributed by atoms with Gasteiger partial charge in [-0.15, -0.1) is 0 Å². The molecular formula is C22H19Cl2N3O2S. The summed E-state index contributed by atoms with van der Waals surface area (Å²) in [4.78, 5) is 0. The van der Waals surface area contributed by atoms with Gasteiger partial charge < -0.3 is 14.8 Å². The lowest BCUT2D eigenvalue weighted by atomic mass is 10.2. The van der Waals surface area contributed by atoms with Crippen molar-refractivity contribution in [2.24, 2.45) is 5.10 Å². The van der Waals surface area contributed by atoms with Gasteiger partial charge in [0.1, 0.15) is 6.61 Å². The molecule has 0 aliphatic carbocycles. The summed E-state index contributed by atoms with van der Waals surface area (Å²) in [6.07, 6.45) is 1.64. The van der Waals surface area contributed by atoms with Crippen LogP contribution in [-0.2, 0) is 6.61 Å². The van der Waals surface area contributed by atoms with Gasteiger partial charge in [-0.25, -0.2) is 0 Å². The lowest BCUT2D eigenvalue weighted by Crippen LogP contribution is -2.23. The highest BCUT2D eigenvalue weighted by Crippen LogP contribution is 2.29.